The Balaban J connectivity index is 1.44. The number of likely N-dealkylation sites (tertiary alicyclic amines) is 1. The molecule has 0 aliphatic carbocycles. The first-order chi connectivity index (χ1) is 14.7. The molecule has 1 saturated heterocycles. The third-order valence-corrected chi connectivity index (χ3v) is 5.50. The maximum atomic E-state index is 13.0. The van der Waals surface area contributed by atoms with Crippen LogP contribution in [0, 0.1) is 0 Å². The number of amides is 1. The van der Waals surface area contributed by atoms with E-state index >= 15 is 0 Å². The van der Waals surface area contributed by atoms with E-state index in [9.17, 15) is 4.79 Å². The predicted molar refractivity (Wildman–Crippen MR) is 113 cm³/mol. The number of para-hydroxylation sites is 1. The van der Waals surface area contributed by atoms with Crippen LogP contribution in [0.25, 0.3) is 0 Å². The number of oxazole rings is 1. The van der Waals surface area contributed by atoms with E-state index in [4.69, 9.17) is 13.9 Å². The second-order valence-electron chi connectivity index (χ2n) is 7.48. The van der Waals surface area contributed by atoms with Crippen molar-refractivity contribution in [1.29, 1.82) is 0 Å². The lowest BCUT2D eigenvalue weighted by molar-refractivity contribution is 0.0694. The number of piperidine rings is 1. The molecule has 0 saturated carbocycles. The van der Waals surface area contributed by atoms with Gasteiger partial charge in [-0.1, -0.05) is 24.3 Å². The summed E-state index contributed by atoms with van der Waals surface area (Å²) in [5.41, 5.74) is 1.73. The van der Waals surface area contributed by atoms with E-state index in [0.29, 0.717) is 30.2 Å². The highest BCUT2D eigenvalue weighted by atomic mass is 16.5. The third-order valence-electron chi connectivity index (χ3n) is 5.50. The number of hydrogen-bond donors (Lipinski definition) is 0. The first-order valence-corrected chi connectivity index (χ1v) is 10.2. The highest BCUT2D eigenvalue weighted by Crippen LogP contribution is 2.29. The molecule has 4 rings (SSSR count). The monoisotopic (exact) mass is 406 g/mol. The average molecular weight is 406 g/mol. The van der Waals surface area contributed by atoms with E-state index in [1.807, 2.05) is 53.4 Å². The lowest BCUT2D eigenvalue weighted by Gasteiger charge is -2.31. The van der Waals surface area contributed by atoms with Gasteiger partial charge in [-0.05, 0) is 42.7 Å². The Kier molecular flexibility index (Phi) is 6.02. The number of carbonyl (C=O) groups excluding carboxylic acids is 1. The van der Waals surface area contributed by atoms with Gasteiger partial charge >= 0.3 is 0 Å². The summed E-state index contributed by atoms with van der Waals surface area (Å²) in [5.74, 6) is 3.05. The summed E-state index contributed by atoms with van der Waals surface area (Å²) < 4.78 is 16.6. The Morgan fingerprint density at radius 1 is 1.13 bits per heavy atom. The van der Waals surface area contributed by atoms with Crippen LogP contribution in [-0.2, 0) is 6.42 Å². The van der Waals surface area contributed by atoms with Gasteiger partial charge in [0, 0.05) is 19.5 Å². The van der Waals surface area contributed by atoms with Crippen molar-refractivity contribution >= 4 is 5.91 Å². The summed E-state index contributed by atoms with van der Waals surface area (Å²) in [5, 5.41) is 0. The summed E-state index contributed by atoms with van der Waals surface area (Å²) in [6.45, 7) is 1.33. The summed E-state index contributed by atoms with van der Waals surface area (Å²) in [6.07, 6.45) is 4.34. The molecule has 6 nitrogen and oxygen atoms in total. The van der Waals surface area contributed by atoms with Gasteiger partial charge in [0.05, 0.1) is 31.9 Å². The molecule has 0 N–H and O–H groups in total. The van der Waals surface area contributed by atoms with E-state index < -0.39 is 0 Å². The third kappa shape index (κ3) is 4.32. The number of ether oxygens (including phenoxy) is 2. The summed E-state index contributed by atoms with van der Waals surface area (Å²) in [4.78, 5) is 19.4. The quantitative estimate of drug-likeness (QED) is 0.611. The molecule has 0 radical (unpaired) electrons. The van der Waals surface area contributed by atoms with Gasteiger partial charge < -0.3 is 18.8 Å². The number of benzene rings is 2. The molecular formula is C24H26N2O4. The Labute approximate surface area is 176 Å². The number of nitrogens with zero attached hydrogens (tertiary/aromatic N) is 2. The summed E-state index contributed by atoms with van der Waals surface area (Å²) in [6, 6.07) is 15.3. The van der Waals surface area contributed by atoms with E-state index in [2.05, 4.69) is 4.98 Å². The molecule has 3 aromatic rings. The molecule has 1 aliphatic heterocycles. The van der Waals surface area contributed by atoms with E-state index in [0.717, 1.165) is 36.5 Å². The van der Waals surface area contributed by atoms with Crippen molar-refractivity contribution in [2.24, 2.45) is 0 Å². The van der Waals surface area contributed by atoms with E-state index in [-0.39, 0.29) is 11.8 Å². The topological polar surface area (TPSA) is 64.8 Å². The molecule has 0 spiro atoms. The number of carbonyl (C=O) groups is 1. The van der Waals surface area contributed by atoms with Gasteiger partial charge in [-0.15, -0.1) is 0 Å². The molecule has 2 heterocycles. The Morgan fingerprint density at radius 3 is 2.70 bits per heavy atom. The zero-order valence-corrected chi connectivity index (χ0v) is 17.3. The van der Waals surface area contributed by atoms with Crippen molar-refractivity contribution in [3.63, 3.8) is 0 Å². The van der Waals surface area contributed by atoms with Crippen molar-refractivity contribution < 1.29 is 18.7 Å². The smallest absolute Gasteiger partial charge is 0.257 e. The van der Waals surface area contributed by atoms with E-state index in [1.54, 1.807) is 20.4 Å². The lowest BCUT2D eigenvalue weighted by Crippen LogP contribution is -2.39. The molecule has 1 aliphatic rings. The maximum Gasteiger partial charge on any atom is 0.257 e. The maximum absolute atomic E-state index is 13.0. The van der Waals surface area contributed by atoms with Crippen LogP contribution in [0.5, 0.6) is 11.5 Å². The van der Waals surface area contributed by atoms with Gasteiger partial charge in [0.25, 0.3) is 5.91 Å². The minimum Gasteiger partial charge on any atom is -0.497 e. The van der Waals surface area contributed by atoms with Crippen LogP contribution < -0.4 is 9.47 Å². The van der Waals surface area contributed by atoms with Crippen LogP contribution in [-0.4, -0.2) is 43.1 Å². The molecular weight excluding hydrogens is 380 g/mol. The molecule has 1 atom stereocenters. The largest absolute Gasteiger partial charge is 0.497 e. The molecule has 1 fully saturated rings. The second-order valence-corrected chi connectivity index (χ2v) is 7.48. The molecule has 0 bridgehead atoms. The van der Waals surface area contributed by atoms with Crippen LogP contribution in [0.2, 0.25) is 0 Å². The number of aromatic nitrogens is 1. The zero-order chi connectivity index (χ0) is 20.9. The Bertz CT molecular complexity index is 996. The predicted octanol–water partition coefficient (Wildman–Crippen LogP) is 4.30. The van der Waals surface area contributed by atoms with Crippen LogP contribution in [0.3, 0.4) is 0 Å². The molecule has 1 amide bonds. The first-order valence-electron chi connectivity index (χ1n) is 10.2. The molecule has 1 aromatic heterocycles. The highest BCUT2D eigenvalue weighted by Gasteiger charge is 2.29. The molecule has 2 aromatic carbocycles. The van der Waals surface area contributed by atoms with Crippen LogP contribution in [0.15, 0.2) is 59.1 Å². The van der Waals surface area contributed by atoms with Gasteiger partial charge in [0.1, 0.15) is 17.3 Å². The first kappa shape index (κ1) is 20.0. The van der Waals surface area contributed by atoms with Gasteiger partial charge in [-0.2, -0.15) is 0 Å². The van der Waals surface area contributed by atoms with Gasteiger partial charge in [-0.3, -0.25) is 4.79 Å². The molecule has 30 heavy (non-hydrogen) atoms. The molecule has 156 valence electrons. The SMILES string of the molecule is COc1ccc(Cc2cnc(C3CCCN(C(=O)c4ccccc4OC)C3)o2)cc1. The number of hydrogen-bond acceptors (Lipinski definition) is 5. The summed E-state index contributed by atoms with van der Waals surface area (Å²) in [7, 11) is 3.24. The minimum atomic E-state index is -0.0119. The lowest BCUT2D eigenvalue weighted by atomic mass is 9.97. The zero-order valence-electron chi connectivity index (χ0n) is 17.3. The van der Waals surface area contributed by atoms with Crippen molar-refractivity contribution in [1.82, 2.24) is 9.88 Å². The summed E-state index contributed by atoms with van der Waals surface area (Å²) >= 11 is 0. The van der Waals surface area contributed by atoms with Crippen LogP contribution >= 0.6 is 0 Å². The van der Waals surface area contributed by atoms with Gasteiger partial charge in [-0.25, -0.2) is 4.98 Å². The molecule has 6 heteroatoms. The van der Waals surface area contributed by atoms with Gasteiger partial charge in [0.15, 0.2) is 5.89 Å². The Hall–Kier alpha value is -3.28. The number of rotatable bonds is 6. The molecule has 1 unspecified atom stereocenters. The Morgan fingerprint density at radius 2 is 1.93 bits per heavy atom. The van der Waals surface area contributed by atoms with Crippen LogP contribution in [0.4, 0.5) is 0 Å². The van der Waals surface area contributed by atoms with Crippen molar-refractivity contribution in [2.75, 3.05) is 27.3 Å². The van der Waals surface area contributed by atoms with Gasteiger partial charge in [0.2, 0.25) is 0 Å². The van der Waals surface area contributed by atoms with Crippen molar-refractivity contribution in [2.45, 2.75) is 25.2 Å². The fourth-order valence-electron chi connectivity index (χ4n) is 3.89. The standard InChI is InChI=1S/C24H26N2O4/c1-28-19-11-9-17(10-12-19)14-20-15-25-23(30-20)18-6-5-13-26(16-18)24(27)21-7-3-4-8-22(21)29-2/h3-4,7-12,15,18H,5-6,13-14,16H2,1-2H3. The normalized spacial score (nSPS) is 16.3. The van der Waals surface area contributed by atoms with Crippen LogP contribution in [0.1, 0.15) is 46.3 Å². The highest BCUT2D eigenvalue weighted by molar-refractivity contribution is 5.97. The number of methoxy groups -OCH3 is 2. The average Bonchev–Trinajstić information content (AvgIpc) is 3.27. The fourth-order valence-corrected chi connectivity index (χ4v) is 3.89. The minimum absolute atomic E-state index is 0.0119. The van der Waals surface area contributed by atoms with Crippen molar-refractivity contribution in [3.8, 4) is 11.5 Å². The van der Waals surface area contributed by atoms with E-state index in [1.165, 1.54) is 0 Å². The second kappa shape index (κ2) is 9.03. The fraction of sp³-hybridized carbons (Fsp3) is 0.333. The van der Waals surface area contributed by atoms with Crippen molar-refractivity contribution in [3.05, 3.63) is 77.5 Å².